The van der Waals surface area contributed by atoms with Crippen molar-refractivity contribution in [2.45, 2.75) is 128 Å². The van der Waals surface area contributed by atoms with Crippen LogP contribution in [0.3, 0.4) is 0 Å². The van der Waals surface area contributed by atoms with E-state index in [-0.39, 0.29) is 74.3 Å². The number of ether oxygens (including phenoxy) is 3. The van der Waals surface area contributed by atoms with Gasteiger partial charge < -0.3 is 45.7 Å². The fourth-order valence-electron chi connectivity index (χ4n) is 8.38. The summed E-state index contributed by atoms with van der Waals surface area (Å²) in [6.07, 6.45) is 7.80. The summed E-state index contributed by atoms with van der Waals surface area (Å²) in [5.74, 6) is 0.435. The van der Waals surface area contributed by atoms with Crippen LogP contribution < -0.4 is 11.1 Å². The lowest BCUT2D eigenvalue weighted by atomic mass is 9.66. The molecule has 2 aliphatic carbocycles. The van der Waals surface area contributed by atoms with Gasteiger partial charge in [0.2, 0.25) is 0 Å². The third kappa shape index (κ3) is 12.1. The van der Waals surface area contributed by atoms with Crippen LogP contribution in [0.1, 0.15) is 97.3 Å². The van der Waals surface area contributed by atoms with E-state index in [1.165, 1.54) is 13.8 Å². The zero-order valence-electron chi connectivity index (χ0n) is 27.0. The molecule has 256 valence electrons. The summed E-state index contributed by atoms with van der Waals surface area (Å²) in [6, 6.07) is 0. The van der Waals surface area contributed by atoms with E-state index in [1.807, 2.05) is 0 Å². The molecule has 3 aliphatic rings. The van der Waals surface area contributed by atoms with Crippen molar-refractivity contribution in [2.75, 3.05) is 33.0 Å². The Kier molecular flexibility index (Phi) is 16.3. The van der Waals surface area contributed by atoms with Crippen LogP contribution in [-0.2, 0) is 23.8 Å². The second kappa shape index (κ2) is 19.4. The van der Waals surface area contributed by atoms with Crippen molar-refractivity contribution in [2.24, 2.45) is 41.2 Å². The molecule has 0 aromatic rings. The molecular formula is C33H60N2O9. The van der Waals surface area contributed by atoms with Gasteiger partial charge in [-0.3, -0.25) is 9.59 Å². The Morgan fingerprint density at radius 2 is 1.64 bits per heavy atom. The third-order valence-corrected chi connectivity index (χ3v) is 10.4. The number of hydrogen-bond acceptors (Lipinski definition) is 11. The Bertz CT molecular complexity index is 848. The molecule has 44 heavy (non-hydrogen) atoms. The molecule has 7 N–H and O–H groups in total. The van der Waals surface area contributed by atoms with Crippen molar-refractivity contribution in [3.8, 4) is 0 Å². The second-order valence-electron chi connectivity index (χ2n) is 13.7. The largest absolute Gasteiger partial charge is 0.462 e. The van der Waals surface area contributed by atoms with Crippen LogP contribution in [0.25, 0.3) is 0 Å². The molecule has 1 saturated heterocycles. The number of aliphatic hydroxyl groups excluding tert-OH is 4. The van der Waals surface area contributed by atoms with Crippen LogP contribution in [0, 0.1) is 35.5 Å². The highest BCUT2D eigenvalue weighted by atomic mass is 16.6. The first-order chi connectivity index (χ1) is 21.1. The summed E-state index contributed by atoms with van der Waals surface area (Å²) >= 11 is 0. The first kappa shape index (κ1) is 37.1. The molecule has 2 saturated carbocycles. The van der Waals surface area contributed by atoms with Gasteiger partial charge >= 0.3 is 11.9 Å². The molecule has 11 atom stereocenters. The number of carbonyl (C=O) groups is 2. The first-order valence-corrected chi connectivity index (χ1v) is 17.1. The maximum Gasteiger partial charge on any atom is 0.302 e. The van der Waals surface area contributed by atoms with Crippen LogP contribution in [0.4, 0.5) is 0 Å². The molecule has 3 rings (SSSR count). The van der Waals surface area contributed by atoms with Crippen molar-refractivity contribution in [3.63, 3.8) is 0 Å². The Hall–Kier alpha value is -1.34. The van der Waals surface area contributed by atoms with Crippen molar-refractivity contribution >= 4 is 11.9 Å². The van der Waals surface area contributed by atoms with E-state index in [4.69, 9.17) is 19.9 Å². The molecule has 0 aromatic carbocycles. The Labute approximate surface area is 263 Å². The molecule has 3 fully saturated rings. The third-order valence-electron chi connectivity index (χ3n) is 10.4. The SMILES string of the molecule is CC(=O)O[C@H](CCC1CC(OCCO)C(O)CC1C1CCNC(N)C1)C[C@@H](OC(C)=O)[C@@H]1C[C@@H](CCO)CCC[C@@H](CO)C1. The molecule has 0 radical (unpaired) electrons. The molecule has 0 aromatic heterocycles. The van der Waals surface area contributed by atoms with Gasteiger partial charge in [-0.15, -0.1) is 0 Å². The monoisotopic (exact) mass is 628 g/mol. The standard InChI is InChI=1S/C33H60N2O9/c1-21(39)43-28(18-31(44-22(2)40)27-14-23(9-11-36)4-3-5-24(15-27)20-38)7-6-25-16-32(42-13-12-37)30(41)19-29(25)26-8-10-35-33(34)17-26/h23-33,35-38,41H,3-20,34H2,1-2H3/t23-,24-,25?,26?,27-,28-,29?,30?,31-,32?,33?/m1/s1. The van der Waals surface area contributed by atoms with E-state index in [9.17, 15) is 30.0 Å². The highest BCUT2D eigenvalue weighted by molar-refractivity contribution is 5.66. The van der Waals surface area contributed by atoms with Gasteiger partial charge in [-0.25, -0.2) is 0 Å². The minimum Gasteiger partial charge on any atom is -0.462 e. The zero-order chi connectivity index (χ0) is 32.1. The van der Waals surface area contributed by atoms with Gasteiger partial charge in [0.05, 0.1) is 31.6 Å². The maximum atomic E-state index is 12.3. The number of esters is 2. The van der Waals surface area contributed by atoms with Gasteiger partial charge in [0.25, 0.3) is 0 Å². The summed E-state index contributed by atoms with van der Waals surface area (Å²) < 4.78 is 17.7. The highest BCUT2D eigenvalue weighted by Gasteiger charge is 2.42. The summed E-state index contributed by atoms with van der Waals surface area (Å²) in [5, 5.41) is 43.3. The Morgan fingerprint density at radius 3 is 2.30 bits per heavy atom. The van der Waals surface area contributed by atoms with Gasteiger partial charge in [0, 0.05) is 33.5 Å². The molecule has 1 heterocycles. The Balaban J connectivity index is 1.79. The van der Waals surface area contributed by atoms with Crippen LogP contribution in [0.15, 0.2) is 0 Å². The Morgan fingerprint density at radius 1 is 0.909 bits per heavy atom. The lowest BCUT2D eigenvalue weighted by Crippen LogP contribution is -2.50. The lowest BCUT2D eigenvalue weighted by molar-refractivity contribution is -0.157. The number of carbonyl (C=O) groups excluding carboxylic acids is 2. The number of piperidine rings is 1. The van der Waals surface area contributed by atoms with Crippen LogP contribution in [0.2, 0.25) is 0 Å². The van der Waals surface area contributed by atoms with Gasteiger partial charge in [-0.2, -0.15) is 0 Å². The van der Waals surface area contributed by atoms with E-state index in [0.717, 1.165) is 51.5 Å². The lowest BCUT2D eigenvalue weighted by Gasteiger charge is -2.45. The first-order valence-electron chi connectivity index (χ1n) is 17.1. The topological polar surface area (TPSA) is 181 Å². The summed E-state index contributed by atoms with van der Waals surface area (Å²) in [5.41, 5.74) is 6.26. The molecule has 11 heteroatoms. The summed E-state index contributed by atoms with van der Waals surface area (Å²) in [4.78, 5) is 24.6. The number of rotatable bonds is 15. The fraction of sp³-hybridized carbons (Fsp3) is 0.939. The zero-order valence-corrected chi connectivity index (χ0v) is 27.0. The molecule has 0 spiro atoms. The van der Waals surface area contributed by atoms with Crippen molar-refractivity contribution in [1.29, 1.82) is 0 Å². The second-order valence-corrected chi connectivity index (χ2v) is 13.7. The van der Waals surface area contributed by atoms with Crippen LogP contribution >= 0.6 is 0 Å². The predicted octanol–water partition coefficient (Wildman–Crippen LogP) is 2.26. The average Bonchev–Trinajstić information content (AvgIpc) is 2.96. The molecule has 1 aliphatic heterocycles. The molecule has 0 bridgehead atoms. The number of nitrogens with one attached hydrogen (secondary N) is 1. The molecular weight excluding hydrogens is 568 g/mol. The van der Waals surface area contributed by atoms with Crippen LogP contribution in [0.5, 0.6) is 0 Å². The van der Waals surface area contributed by atoms with E-state index in [2.05, 4.69) is 5.32 Å². The van der Waals surface area contributed by atoms with Crippen molar-refractivity contribution in [1.82, 2.24) is 5.32 Å². The molecule has 0 amide bonds. The smallest absolute Gasteiger partial charge is 0.302 e. The quantitative estimate of drug-likeness (QED) is 0.146. The predicted molar refractivity (Wildman–Crippen MR) is 165 cm³/mol. The number of hydrogen-bond donors (Lipinski definition) is 6. The van der Waals surface area contributed by atoms with E-state index in [0.29, 0.717) is 50.4 Å². The van der Waals surface area contributed by atoms with E-state index < -0.39 is 18.3 Å². The minimum absolute atomic E-state index is 0.0176. The van der Waals surface area contributed by atoms with E-state index in [1.54, 1.807) is 0 Å². The number of nitrogens with two attached hydrogens (primary N) is 1. The highest BCUT2D eigenvalue weighted by Crippen LogP contribution is 2.43. The van der Waals surface area contributed by atoms with Gasteiger partial charge in [0.1, 0.15) is 12.2 Å². The minimum atomic E-state index is -0.614. The van der Waals surface area contributed by atoms with Crippen LogP contribution in [-0.4, -0.2) is 95.9 Å². The van der Waals surface area contributed by atoms with Gasteiger partial charge in [-0.05, 0) is 106 Å². The van der Waals surface area contributed by atoms with Crippen molar-refractivity contribution < 1.29 is 44.2 Å². The fourth-order valence-corrected chi connectivity index (χ4v) is 8.38. The average molecular weight is 629 g/mol. The normalized spacial score (nSPS) is 34.8. The summed E-state index contributed by atoms with van der Waals surface area (Å²) in [7, 11) is 0. The number of aliphatic hydroxyl groups is 4. The summed E-state index contributed by atoms with van der Waals surface area (Å²) in [6.45, 7) is 3.89. The molecule has 6 unspecified atom stereocenters. The molecule has 11 nitrogen and oxygen atoms in total. The van der Waals surface area contributed by atoms with Gasteiger partial charge in [-0.1, -0.05) is 12.8 Å². The van der Waals surface area contributed by atoms with Crippen molar-refractivity contribution in [3.05, 3.63) is 0 Å². The maximum absolute atomic E-state index is 12.3. The van der Waals surface area contributed by atoms with E-state index >= 15 is 0 Å². The van der Waals surface area contributed by atoms with Gasteiger partial charge in [0.15, 0.2) is 0 Å².